The molecule has 1 heterocycles. The third kappa shape index (κ3) is 4.41. The predicted molar refractivity (Wildman–Crippen MR) is 55.7 cm³/mol. The van der Waals surface area contributed by atoms with E-state index in [-0.39, 0.29) is 18.4 Å². The fraction of sp³-hybridized carbons (Fsp3) is 0.625. The van der Waals surface area contributed by atoms with Crippen LogP contribution < -0.4 is 4.72 Å². The molecule has 0 saturated heterocycles. The molecular weight excluding hydrogens is 218 g/mol. The highest BCUT2D eigenvalue weighted by Crippen LogP contribution is 1.94. The first kappa shape index (κ1) is 12.2. The van der Waals surface area contributed by atoms with Crippen LogP contribution in [0.25, 0.3) is 0 Å². The predicted octanol–water partition coefficient (Wildman–Crippen LogP) is -0.817. The van der Waals surface area contributed by atoms with Crippen molar-refractivity contribution in [2.24, 2.45) is 0 Å². The molecule has 1 rings (SSSR count). The van der Waals surface area contributed by atoms with Gasteiger partial charge in [0.05, 0.1) is 18.7 Å². The maximum Gasteiger partial charge on any atom is 0.214 e. The summed E-state index contributed by atoms with van der Waals surface area (Å²) in [6.45, 7) is 1.91. The molecule has 0 amide bonds. The van der Waals surface area contributed by atoms with Crippen molar-refractivity contribution in [3.63, 3.8) is 0 Å². The second-order valence-corrected chi connectivity index (χ2v) is 5.19. The molecule has 0 aromatic carbocycles. The van der Waals surface area contributed by atoms with E-state index in [2.05, 4.69) is 9.71 Å². The first-order chi connectivity index (χ1) is 7.03. The Morgan fingerprint density at radius 3 is 2.87 bits per heavy atom. The van der Waals surface area contributed by atoms with Crippen LogP contribution in [0.2, 0.25) is 0 Å². The lowest BCUT2D eigenvalue weighted by Crippen LogP contribution is -2.37. The summed E-state index contributed by atoms with van der Waals surface area (Å²) in [4.78, 5) is 3.85. The first-order valence-electron chi connectivity index (χ1n) is 4.60. The summed E-state index contributed by atoms with van der Waals surface area (Å²) in [5.41, 5.74) is 0. The Bertz CT molecular complexity index is 374. The number of nitrogens with one attached hydrogen (secondary N) is 1. The molecule has 0 fully saturated rings. The van der Waals surface area contributed by atoms with Crippen molar-refractivity contribution in [3.8, 4) is 0 Å². The van der Waals surface area contributed by atoms with Crippen molar-refractivity contribution in [2.75, 3.05) is 12.4 Å². The quantitative estimate of drug-likeness (QED) is 0.672. The number of aliphatic hydroxyl groups excluding tert-OH is 1. The maximum atomic E-state index is 11.3. The molecule has 2 N–H and O–H groups in total. The van der Waals surface area contributed by atoms with Gasteiger partial charge in [-0.05, 0) is 6.92 Å². The van der Waals surface area contributed by atoms with Crippen molar-refractivity contribution >= 4 is 10.0 Å². The minimum atomic E-state index is -3.37. The van der Waals surface area contributed by atoms with E-state index in [0.717, 1.165) is 0 Å². The SMILES string of the molecule is CC(Cn1ccnc1)NS(=O)(=O)CCO. The number of rotatable bonds is 6. The van der Waals surface area contributed by atoms with Crippen LogP contribution in [0.3, 0.4) is 0 Å². The minimum absolute atomic E-state index is 0.226. The van der Waals surface area contributed by atoms with Gasteiger partial charge >= 0.3 is 0 Å². The molecule has 0 bridgehead atoms. The second-order valence-electron chi connectivity index (χ2n) is 3.32. The average molecular weight is 233 g/mol. The topological polar surface area (TPSA) is 84.2 Å². The van der Waals surface area contributed by atoms with Crippen LogP contribution in [0.15, 0.2) is 18.7 Å². The number of hydrogen-bond donors (Lipinski definition) is 2. The molecule has 0 aliphatic carbocycles. The van der Waals surface area contributed by atoms with E-state index >= 15 is 0 Å². The zero-order chi connectivity index (χ0) is 11.3. The van der Waals surface area contributed by atoms with Crippen molar-refractivity contribution in [1.82, 2.24) is 14.3 Å². The summed E-state index contributed by atoms with van der Waals surface area (Å²) >= 11 is 0. The summed E-state index contributed by atoms with van der Waals surface area (Å²) in [6, 6.07) is -0.226. The molecule has 1 aromatic rings. The average Bonchev–Trinajstić information content (AvgIpc) is 2.54. The fourth-order valence-corrected chi connectivity index (χ4v) is 2.28. The number of hydrogen-bond acceptors (Lipinski definition) is 4. The standard InChI is InChI=1S/C8H15N3O3S/c1-8(6-11-3-2-9-7-11)10-15(13,14)5-4-12/h2-3,7-8,10,12H,4-6H2,1H3. The molecule has 0 spiro atoms. The van der Waals surface area contributed by atoms with Gasteiger partial charge in [-0.1, -0.05) is 0 Å². The van der Waals surface area contributed by atoms with Crippen LogP contribution >= 0.6 is 0 Å². The summed E-state index contributed by atoms with van der Waals surface area (Å²) < 4.78 is 26.8. The maximum absolute atomic E-state index is 11.3. The third-order valence-corrected chi connectivity index (χ3v) is 3.27. The van der Waals surface area contributed by atoms with Gasteiger partial charge in [-0.3, -0.25) is 0 Å². The van der Waals surface area contributed by atoms with E-state index in [0.29, 0.717) is 6.54 Å². The van der Waals surface area contributed by atoms with Crippen molar-refractivity contribution < 1.29 is 13.5 Å². The van der Waals surface area contributed by atoms with Gasteiger partial charge in [-0.25, -0.2) is 18.1 Å². The molecule has 1 aromatic heterocycles. The molecule has 0 aliphatic rings. The monoisotopic (exact) mass is 233 g/mol. The van der Waals surface area contributed by atoms with Gasteiger partial charge < -0.3 is 9.67 Å². The Labute approximate surface area is 89.0 Å². The number of sulfonamides is 1. The lowest BCUT2D eigenvalue weighted by Gasteiger charge is -2.13. The molecule has 0 saturated carbocycles. The Hall–Kier alpha value is -0.920. The van der Waals surface area contributed by atoms with Crippen LogP contribution in [-0.4, -0.2) is 41.5 Å². The number of nitrogens with zero attached hydrogens (tertiary/aromatic N) is 2. The zero-order valence-corrected chi connectivity index (χ0v) is 9.31. The van der Waals surface area contributed by atoms with Crippen molar-refractivity contribution in [3.05, 3.63) is 18.7 Å². The summed E-state index contributed by atoms with van der Waals surface area (Å²) in [6.07, 6.45) is 5.02. The van der Waals surface area contributed by atoms with Crippen molar-refractivity contribution in [2.45, 2.75) is 19.5 Å². The Kier molecular flexibility index (Phi) is 4.25. The summed E-state index contributed by atoms with van der Waals surface area (Å²) in [5.74, 6) is -0.263. The zero-order valence-electron chi connectivity index (χ0n) is 8.50. The Morgan fingerprint density at radius 1 is 1.60 bits per heavy atom. The van der Waals surface area contributed by atoms with Crippen LogP contribution in [0, 0.1) is 0 Å². The Morgan fingerprint density at radius 2 is 2.33 bits per heavy atom. The van der Waals surface area contributed by atoms with Gasteiger partial charge in [-0.15, -0.1) is 0 Å². The molecule has 0 aliphatic heterocycles. The Balaban J connectivity index is 2.46. The number of imidazole rings is 1. The lowest BCUT2D eigenvalue weighted by atomic mass is 10.4. The van der Waals surface area contributed by atoms with Crippen molar-refractivity contribution in [1.29, 1.82) is 0 Å². The van der Waals surface area contributed by atoms with Gasteiger partial charge in [0.1, 0.15) is 0 Å². The first-order valence-corrected chi connectivity index (χ1v) is 6.25. The molecule has 0 radical (unpaired) electrons. The lowest BCUT2D eigenvalue weighted by molar-refractivity contribution is 0.318. The highest BCUT2D eigenvalue weighted by molar-refractivity contribution is 7.89. The molecule has 1 unspecified atom stereocenters. The van der Waals surface area contributed by atoms with Gasteiger partial charge in [0.15, 0.2) is 0 Å². The van der Waals surface area contributed by atoms with E-state index in [9.17, 15) is 8.42 Å². The molecule has 6 nitrogen and oxygen atoms in total. The minimum Gasteiger partial charge on any atom is -0.395 e. The third-order valence-electron chi connectivity index (χ3n) is 1.78. The van der Waals surface area contributed by atoms with Crippen LogP contribution in [0.5, 0.6) is 0 Å². The van der Waals surface area contributed by atoms with E-state index in [1.54, 1.807) is 30.2 Å². The van der Waals surface area contributed by atoms with Gasteiger partial charge in [0, 0.05) is 25.0 Å². The molecule has 1 atom stereocenters. The van der Waals surface area contributed by atoms with Gasteiger partial charge in [-0.2, -0.15) is 0 Å². The highest BCUT2D eigenvalue weighted by atomic mass is 32.2. The van der Waals surface area contributed by atoms with E-state index in [1.165, 1.54) is 0 Å². The normalized spacial score (nSPS) is 14.0. The van der Waals surface area contributed by atoms with E-state index in [4.69, 9.17) is 5.11 Å². The second kappa shape index (κ2) is 5.24. The molecule has 86 valence electrons. The summed E-state index contributed by atoms with van der Waals surface area (Å²) in [5, 5.41) is 8.54. The van der Waals surface area contributed by atoms with Gasteiger partial charge in [0.2, 0.25) is 10.0 Å². The summed E-state index contributed by atoms with van der Waals surface area (Å²) in [7, 11) is -3.37. The highest BCUT2D eigenvalue weighted by Gasteiger charge is 2.13. The van der Waals surface area contributed by atoms with Crippen LogP contribution in [0.1, 0.15) is 6.92 Å². The molecule has 15 heavy (non-hydrogen) atoms. The largest absolute Gasteiger partial charge is 0.395 e. The van der Waals surface area contributed by atoms with Gasteiger partial charge in [0.25, 0.3) is 0 Å². The van der Waals surface area contributed by atoms with Crippen LogP contribution in [0.4, 0.5) is 0 Å². The van der Waals surface area contributed by atoms with Crippen LogP contribution in [-0.2, 0) is 16.6 Å². The fourth-order valence-electron chi connectivity index (χ4n) is 1.23. The van der Waals surface area contributed by atoms with E-state index < -0.39 is 10.0 Å². The molecule has 7 heteroatoms. The number of aliphatic hydroxyl groups is 1. The van der Waals surface area contributed by atoms with E-state index in [1.807, 2.05) is 0 Å². The molecular formula is C8H15N3O3S. The smallest absolute Gasteiger partial charge is 0.214 e. The number of aromatic nitrogens is 2.